The summed E-state index contributed by atoms with van der Waals surface area (Å²) in [6.45, 7) is 23.0. The van der Waals surface area contributed by atoms with Crippen molar-refractivity contribution in [2.75, 3.05) is 0 Å². The predicted molar refractivity (Wildman–Crippen MR) is 148 cm³/mol. The maximum Gasteiger partial charge on any atom is 0.319 e. The standard InChI is InChI=1S/C31H51NO4/c1-12-13-14-31(20-33,26(35)36-22-18-29(8,9)32-30(10,11)19-22)17-21-15-23(27(2,3)4)25(34)24(16-21)28(5,6)7/h15-16,20,22,32,34H,12-14,17-19H2,1-11H3. The van der Waals surface area contributed by atoms with Gasteiger partial charge in [-0.1, -0.05) is 73.4 Å². The molecule has 1 aromatic carbocycles. The number of aromatic hydroxyl groups is 1. The minimum Gasteiger partial charge on any atom is -0.507 e. The molecule has 2 N–H and O–H groups in total. The normalized spacial score (nSPS) is 20.0. The maximum absolute atomic E-state index is 13.8. The molecule has 0 spiro atoms. The predicted octanol–water partition coefficient (Wildman–Crippen LogP) is 6.76. The first kappa shape index (κ1) is 30.3. The molecule has 0 amide bonds. The van der Waals surface area contributed by atoms with Gasteiger partial charge in [0.1, 0.15) is 23.6 Å². The van der Waals surface area contributed by atoms with E-state index in [1.807, 2.05) is 12.1 Å². The molecule has 1 aliphatic rings. The van der Waals surface area contributed by atoms with E-state index in [2.05, 4.69) is 81.5 Å². The zero-order valence-electron chi connectivity index (χ0n) is 24.7. The molecule has 1 unspecified atom stereocenters. The van der Waals surface area contributed by atoms with Crippen LogP contribution < -0.4 is 5.32 Å². The van der Waals surface area contributed by atoms with Gasteiger partial charge in [0.2, 0.25) is 0 Å². The van der Waals surface area contributed by atoms with Crippen LogP contribution in [0.1, 0.15) is 125 Å². The van der Waals surface area contributed by atoms with E-state index in [-0.39, 0.29) is 34.4 Å². The Morgan fingerprint density at radius 3 is 1.89 bits per heavy atom. The van der Waals surface area contributed by atoms with E-state index < -0.39 is 11.4 Å². The van der Waals surface area contributed by atoms with Crippen LogP contribution in [0.4, 0.5) is 0 Å². The van der Waals surface area contributed by atoms with E-state index in [0.29, 0.717) is 25.0 Å². The van der Waals surface area contributed by atoms with Crippen molar-refractivity contribution in [3.8, 4) is 5.75 Å². The van der Waals surface area contributed by atoms with Gasteiger partial charge < -0.3 is 20.0 Å². The average molecular weight is 502 g/mol. The summed E-state index contributed by atoms with van der Waals surface area (Å²) < 4.78 is 6.15. The van der Waals surface area contributed by atoms with Gasteiger partial charge in [-0.25, -0.2) is 0 Å². The van der Waals surface area contributed by atoms with Crippen LogP contribution in [0.2, 0.25) is 0 Å². The lowest BCUT2D eigenvalue weighted by Crippen LogP contribution is -2.60. The van der Waals surface area contributed by atoms with Gasteiger partial charge in [0.25, 0.3) is 0 Å². The van der Waals surface area contributed by atoms with Crippen molar-refractivity contribution in [3.05, 3.63) is 28.8 Å². The zero-order chi connectivity index (χ0) is 27.7. The highest BCUT2D eigenvalue weighted by Gasteiger charge is 2.45. The second-order valence-corrected chi connectivity index (χ2v) is 14.4. The van der Waals surface area contributed by atoms with E-state index in [1.54, 1.807) is 0 Å². The van der Waals surface area contributed by atoms with Gasteiger partial charge in [-0.05, 0) is 68.1 Å². The smallest absolute Gasteiger partial charge is 0.319 e. The molecule has 5 heteroatoms. The van der Waals surface area contributed by atoms with E-state index in [0.717, 1.165) is 35.8 Å². The van der Waals surface area contributed by atoms with Crippen molar-refractivity contribution >= 4 is 12.3 Å². The summed E-state index contributed by atoms with van der Waals surface area (Å²) >= 11 is 0. The molecular formula is C31H51NO4. The molecule has 204 valence electrons. The van der Waals surface area contributed by atoms with Gasteiger partial charge in [0.05, 0.1) is 0 Å². The number of piperidine rings is 1. The summed E-state index contributed by atoms with van der Waals surface area (Å²) in [5.41, 5.74) is 0.372. The number of esters is 1. The molecule has 0 saturated carbocycles. The summed E-state index contributed by atoms with van der Waals surface area (Å²) in [5, 5.41) is 14.8. The number of phenolic OH excluding ortho intramolecular Hbond substituents is 1. The first-order chi connectivity index (χ1) is 16.3. The first-order valence-corrected chi connectivity index (χ1v) is 13.6. The quantitative estimate of drug-likeness (QED) is 0.234. The second kappa shape index (κ2) is 10.5. The number of benzene rings is 1. The minimum absolute atomic E-state index is 0.167. The van der Waals surface area contributed by atoms with Crippen molar-refractivity contribution in [1.29, 1.82) is 0 Å². The van der Waals surface area contributed by atoms with Crippen LogP contribution in [0, 0.1) is 5.41 Å². The third-order valence-electron chi connectivity index (χ3n) is 7.34. The second-order valence-electron chi connectivity index (χ2n) is 14.4. The number of ether oxygens (including phenoxy) is 1. The molecule has 1 aromatic rings. The average Bonchev–Trinajstić information content (AvgIpc) is 2.68. The number of nitrogens with one attached hydrogen (secondary N) is 1. The molecule has 0 bridgehead atoms. The lowest BCUT2D eigenvalue weighted by molar-refractivity contribution is -0.166. The van der Waals surface area contributed by atoms with Gasteiger partial charge in [-0.3, -0.25) is 4.79 Å². The number of hydrogen-bond donors (Lipinski definition) is 2. The Kier molecular flexibility index (Phi) is 8.83. The molecule has 0 radical (unpaired) electrons. The fraction of sp³-hybridized carbons (Fsp3) is 0.742. The molecule has 1 saturated heterocycles. The van der Waals surface area contributed by atoms with Crippen molar-refractivity contribution in [3.63, 3.8) is 0 Å². The Labute approximate surface area is 219 Å². The van der Waals surface area contributed by atoms with Gasteiger partial charge in [0.15, 0.2) is 0 Å². The Balaban J connectivity index is 2.52. The number of rotatable bonds is 8. The number of carbonyl (C=O) groups excluding carboxylic acids is 2. The third kappa shape index (κ3) is 7.34. The monoisotopic (exact) mass is 501 g/mol. The Morgan fingerprint density at radius 2 is 1.50 bits per heavy atom. The van der Waals surface area contributed by atoms with Crippen molar-refractivity contribution < 1.29 is 19.4 Å². The molecule has 0 aromatic heterocycles. The fourth-order valence-corrected chi connectivity index (χ4v) is 5.79. The molecule has 2 rings (SSSR count). The van der Waals surface area contributed by atoms with E-state index >= 15 is 0 Å². The number of aldehydes is 1. The lowest BCUT2D eigenvalue weighted by atomic mass is 9.74. The molecule has 1 heterocycles. The third-order valence-corrected chi connectivity index (χ3v) is 7.34. The summed E-state index contributed by atoms with van der Waals surface area (Å²) in [6, 6.07) is 3.94. The topological polar surface area (TPSA) is 75.6 Å². The molecule has 36 heavy (non-hydrogen) atoms. The van der Waals surface area contributed by atoms with E-state index in [4.69, 9.17) is 4.74 Å². The fourth-order valence-electron chi connectivity index (χ4n) is 5.79. The van der Waals surface area contributed by atoms with Crippen LogP contribution >= 0.6 is 0 Å². The Bertz CT molecular complexity index is 897. The Hall–Kier alpha value is -1.88. The minimum atomic E-state index is -1.25. The molecule has 1 atom stereocenters. The molecule has 1 aliphatic heterocycles. The summed E-state index contributed by atoms with van der Waals surface area (Å²) in [6.07, 6.45) is 4.32. The van der Waals surface area contributed by atoms with E-state index in [1.165, 1.54) is 0 Å². The molecule has 0 aliphatic carbocycles. The highest BCUT2D eigenvalue weighted by atomic mass is 16.5. The number of phenols is 1. The summed E-state index contributed by atoms with van der Waals surface area (Å²) in [7, 11) is 0. The van der Waals surface area contributed by atoms with Gasteiger partial charge in [0, 0.05) is 23.9 Å². The van der Waals surface area contributed by atoms with Gasteiger partial charge in [-0.2, -0.15) is 0 Å². The number of carbonyl (C=O) groups is 2. The molecule has 1 fully saturated rings. The van der Waals surface area contributed by atoms with Crippen molar-refractivity contribution in [2.45, 2.75) is 143 Å². The van der Waals surface area contributed by atoms with Crippen molar-refractivity contribution in [2.24, 2.45) is 5.41 Å². The van der Waals surface area contributed by atoms with Crippen LogP contribution in [0.25, 0.3) is 0 Å². The Morgan fingerprint density at radius 1 is 1.03 bits per heavy atom. The van der Waals surface area contributed by atoms with E-state index in [9.17, 15) is 14.7 Å². The number of unbranched alkanes of at least 4 members (excludes halogenated alkanes) is 1. The SMILES string of the molecule is CCCCC(C=O)(Cc1cc(C(C)(C)C)c(O)c(C(C)(C)C)c1)C(=O)OC1CC(C)(C)NC(C)(C)C1. The molecular weight excluding hydrogens is 450 g/mol. The highest BCUT2D eigenvalue weighted by molar-refractivity contribution is 5.93. The lowest BCUT2D eigenvalue weighted by Gasteiger charge is -2.46. The van der Waals surface area contributed by atoms with Crippen LogP contribution in [0.15, 0.2) is 12.1 Å². The van der Waals surface area contributed by atoms with Crippen LogP contribution in [-0.4, -0.2) is 34.5 Å². The number of hydrogen-bond acceptors (Lipinski definition) is 5. The summed E-state index contributed by atoms with van der Waals surface area (Å²) in [5.74, 6) is -0.127. The first-order valence-electron chi connectivity index (χ1n) is 13.6. The van der Waals surface area contributed by atoms with Gasteiger partial charge in [-0.15, -0.1) is 0 Å². The van der Waals surface area contributed by atoms with Crippen LogP contribution in [0.5, 0.6) is 5.75 Å². The van der Waals surface area contributed by atoms with Crippen LogP contribution in [0.3, 0.4) is 0 Å². The van der Waals surface area contributed by atoms with Crippen LogP contribution in [-0.2, 0) is 31.6 Å². The molecule has 5 nitrogen and oxygen atoms in total. The highest BCUT2D eigenvalue weighted by Crippen LogP contribution is 2.42. The largest absolute Gasteiger partial charge is 0.507 e. The van der Waals surface area contributed by atoms with Gasteiger partial charge >= 0.3 is 5.97 Å². The van der Waals surface area contributed by atoms with Crippen molar-refractivity contribution in [1.82, 2.24) is 5.32 Å². The zero-order valence-corrected chi connectivity index (χ0v) is 24.7. The maximum atomic E-state index is 13.8. The summed E-state index contributed by atoms with van der Waals surface area (Å²) in [4.78, 5) is 26.5.